The van der Waals surface area contributed by atoms with Crippen molar-refractivity contribution in [1.29, 1.82) is 5.26 Å². The predicted molar refractivity (Wildman–Crippen MR) is 72.5 cm³/mol. The van der Waals surface area contributed by atoms with Gasteiger partial charge in [-0.3, -0.25) is 4.79 Å². The Kier molecular flexibility index (Phi) is 3.69. The molecule has 1 aliphatic carbocycles. The summed E-state index contributed by atoms with van der Waals surface area (Å²) in [6, 6.07) is 1.66. The Balaban J connectivity index is 2.32. The van der Waals surface area contributed by atoms with Crippen LogP contribution in [0, 0.1) is 17.2 Å². The molecule has 2 atom stereocenters. The monoisotopic (exact) mass is 263 g/mol. The number of anilines is 1. The summed E-state index contributed by atoms with van der Waals surface area (Å²) in [7, 11) is 0. The van der Waals surface area contributed by atoms with Gasteiger partial charge in [-0.1, -0.05) is 6.92 Å². The van der Waals surface area contributed by atoms with Crippen LogP contribution in [0.5, 0.6) is 0 Å². The molecule has 0 aliphatic heterocycles. The number of amides is 1. The van der Waals surface area contributed by atoms with Crippen molar-refractivity contribution in [3.63, 3.8) is 0 Å². The number of hydrogen-bond donors (Lipinski definition) is 2. The van der Waals surface area contributed by atoms with Gasteiger partial charge in [-0.05, 0) is 37.7 Å². The van der Waals surface area contributed by atoms with E-state index in [1.165, 1.54) is 16.2 Å². The first kappa shape index (κ1) is 13.1. The van der Waals surface area contributed by atoms with Crippen molar-refractivity contribution < 1.29 is 4.79 Å². The van der Waals surface area contributed by atoms with E-state index in [2.05, 4.69) is 18.3 Å². The van der Waals surface area contributed by atoms with Gasteiger partial charge in [-0.25, -0.2) is 0 Å². The molecule has 96 valence electrons. The van der Waals surface area contributed by atoms with Crippen LogP contribution in [0.25, 0.3) is 0 Å². The topological polar surface area (TPSA) is 78.9 Å². The summed E-state index contributed by atoms with van der Waals surface area (Å²) in [5.41, 5.74) is 7.29. The number of nitrogens with one attached hydrogen (secondary N) is 1. The number of carbonyl (C=O) groups excluding carboxylic acids is 1. The first-order chi connectivity index (χ1) is 8.52. The molecular formula is C13H17N3OS. The van der Waals surface area contributed by atoms with Gasteiger partial charge in [0.25, 0.3) is 0 Å². The Morgan fingerprint density at radius 2 is 2.39 bits per heavy atom. The molecule has 0 saturated heterocycles. The standard InChI is InChI=1S/C13H17N3OS/c1-7-3-4-9-10(6-14)13(18-11(9)5-7)16-12(17)8(2)15/h7-8H,3-5,15H2,1-2H3,(H,16,17). The molecule has 1 aromatic rings. The molecule has 0 spiro atoms. The third kappa shape index (κ3) is 2.40. The molecule has 0 bridgehead atoms. The molecule has 0 saturated carbocycles. The number of thiophene rings is 1. The smallest absolute Gasteiger partial charge is 0.241 e. The quantitative estimate of drug-likeness (QED) is 0.857. The Labute approximate surface area is 111 Å². The molecule has 1 aromatic heterocycles. The molecule has 1 amide bonds. The van der Waals surface area contributed by atoms with E-state index < -0.39 is 6.04 Å². The third-order valence-electron chi connectivity index (χ3n) is 3.27. The number of nitrogens with two attached hydrogens (primary N) is 1. The summed E-state index contributed by atoms with van der Waals surface area (Å²) in [6.45, 7) is 3.85. The van der Waals surface area contributed by atoms with E-state index in [0.717, 1.165) is 24.8 Å². The number of hydrogen-bond acceptors (Lipinski definition) is 4. The highest BCUT2D eigenvalue weighted by Gasteiger charge is 2.24. The normalized spacial score (nSPS) is 19.8. The van der Waals surface area contributed by atoms with Gasteiger partial charge in [0.15, 0.2) is 0 Å². The highest BCUT2D eigenvalue weighted by molar-refractivity contribution is 7.16. The van der Waals surface area contributed by atoms with E-state index in [1.54, 1.807) is 6.92 Å². The zero-order valence-corrected chi connectivity index (χ0v) is 11.4. The second kappa shape index (κ2) is 5.09. The van der Waals surface area contributed by atoms with E-state index >= 15 is 0 Å². The Bertz CT molecular complexity index is 513. The Morgan fingerprint density at radius 1 is 1.67 bits per heavy atom. The molecule has 2 rings (SSSR count). The van der Waals surface area contributed by atoms with Crippen molar-refractivity contribution in [2.24, 2.45) is 11.7 Å². The van der Waals surface area contributed by atoms with Crippen LogP contribution in [0.4, 0.5) is 5.00 Å². The summed E-state index contributed by atoms with van der Waals surface area (Å²) in [6.07, 6.45) is 3.05. The van der Waals surface area contributed by atoms with Crippen molar-refractivity contribution in [2.75, 3.05) is 5.32 Å². The summed E-state index contributed by atoms with van der Waals surface area (Å²) < 4.78 is 0. The van der Waals surface area contributed by atoms with Crippen LogP contribution in [0.3, 0.4) is 0 Å². The van der Waals surface area contributed by atoms with E-state index in [1.807, 2.05) is 0 Å². The fraction of sp³-hybridized carbons (Fsp3) is 0.538. The largest absolute Gasteiger partial charge is 0.320 e. The molecule has 1 heterocycles. The fourth-order valence-electron chi connectivity index (χ4n) is 2.18. The van der Waals surface area contributed by atoms with E-state index in [4.69, 9.17) is 5.73 Å². The van der Waals surface area contributed by atoms with Crippen LogP contribution in [-0.2, 0) is 17.6 Å². The Morgan fingerprint density at radius 3 is 3.00 bits per heavy atom. The van der Waals surface area contributed by atoms with Crippen molar-refractivity contribution in [1.82, 2.24) is 0 Å². The van der Waals surface area contributed by atoms with E-state index in [0.29, 0.717) is 16.5 Å². The molecular weight excluding hydrogens is 246 g/mol. The van der Waals surface area contributed by atoms with Crippen LogP contribution < -0.4 is 11.1 Å². The number of nitrogens with zero attached hydrogens (tertiary/aromatic N) is 1. The maximum absolute atomic E-state index is 11.6. The first-order valence-electron chi connectivity index (χ1n) is 6.14. The summed E-state index contributed by atoms with van der Waals surface area (Å²) in [5, 5.41) is 12.7. The summed E-state index contributed by atoms with van der Waals surface area (Å²) in [4.78, 5) is 12.9. The lowest BCUT2D eigenvalue weighted by atomic mass is 9.88. The predicted octanol–water partition coefficient (Wildman–Crippen LogP) is 2.03. The molecule has 1 aliphatic rings. The number of carbonyl (C=O) groups is 1. The molecule has 18 heavy (non-hydrogen) atoms. The summed E-state index contributed by atoms with van der Waals surface area (Å²) in [5.74, 6) is 0.415. The fourth-order valence-corrected chi connectivity index (χ4v) is 3.55. The second-order valence-electron chi connectivity index (χ2n) is 4.95. The minimum atomic E-state index is -0.561. The summed E-state index contributed by atoms with van der Waals surface area (Å²) >= 11 is 1.53. The van der Waals surface area contributed by atoms with Gasteiger partial charge in [0.05, 0.1) is 11.6 Å². The molecule has 0 radical (unpaired) electrons. The van der Waals surface area contributed by atoms with Crippen LogP contribution in [0.15, 0.2) is 0 Å². The van der Waals surface area contributed by atoms with Crippen molar-refractivity contribution in [3.8, 4) is 6.07 Å². The minimum Gasteiger partial charge on any atom is -0.320 e. The van der Waals surface area contributed by atoms with Gasteiger partial charge in [-0.2, -0.15) is 5.26 Å². The second-order valence-corrected chi connectivity index (χ2v) is 6.05. The molecule has 4 nitrogen and oxygen atoms in total. The van der Waals surface area contributed by atoms with Crippen LogP contribution >= 0.6 is 11.3 Å². The van der Waals surface area contributed by atoms with Crippen molar-refractivity contribution >= 4 is 22.2 Å². The number of nitriles is 1. The van der Waals surface area contributed by atoms with Crippen LogP contribution in [-0.4, -0.2) is 11.9 Å². The van der Waals surface area contributed by atoms with E-state index in [-0.39, 0.29) is 5.91 Å². The third-order valence-corrected chi connectivity index (χ3v) is 4.44. The first-order valence-corrected chi connectivity index (χ1v) is 6.95. The highest BCUT2D eigenvalue weighted by Crippen LogP contribution is 2.39. The number of fused-ring (bicyclic) bond motifs is 1. The van der Waals surface area contributed by atoms with Crippen LogP contribution in [0.1, 0.15) is 36.3 Å². The zero-order chi connectivity index (χ0) is 13.3. The van der Waals surface area contributed by atoms with Gasteiger partial charge in [0, 0.05) is 4.88 Å². The Hall–Kier alpha value is -1.38. The van der Waals surface area contributed by atoms with Gasteiger partial charge in [-0.15, -0.1) is 11.3 Å². The van der Waals surface area contributed by atoms with Crippen LogP contribution in [0.2, 0.25) is 0 Å². The van der Waals surface area contributed by atoms with Gasteiger partial charge < -0.3 is 11.1 Å². The lowest BCUT2D eigenvalue weighted by molar-refractivity contribution is -0.117. The highest BCUT2D eigenvalue weighted by atomic mass is 32.1. The lowest BCUT2D eigenvalue weighted by Crippen LogP contribution is -2.32. The van der Waals surface area contributed by atoms with Gasteiger partial charge >= 0.3 is 0 Å². The average molecular weight is 263 g/mol. The number of rotatable bonds is 2. The van der Waals surface area contributed by atoms with Crippen molar-refractivity contribution in [2.45, 2.75) is 39.2 Å². The maximum atomic E-state index is 11.6. The van der Waals surface area contributed by atoms with E-state index in [9.17, 15) is 10.1 Å². The minimum absolute atomic E-state index is 0.238. The zero-order valence-electron chi connectivity index (χ0n) is 10.6. The molecule has 2 unspecified atom stereocenters. The molecule has 3 N–H and O–H groups in total. The van der Waals surface area contributed by atoms with Gasteiger partial charge in [0.2, 0.25) is 5.91 Å². The average Bonchev–Trinajstić information content (AvgIpc) is 2.64. The molecule has 5 heteroatoms. The molecule has 0 fully saturated rings. The SMILES string of the molecule is CC1CCc2c(sc(NC(=O)C(C)N)c2C#N)C1. The maximum Gasteiger partial charge on any atom is 0.241 e. The van der Waals surface area contributed by atoms with Gasteiger partial charge in [0.1, 0.15) is 11.1 Å². The molecule has 0 aromatic carbocycles. The van der Waals surface area contributed by atoms with Crippen molar-refractivity contribution in [3.05, 3.63) is 16.0 Å². The lowest BCUT2D eigenvalue weighted by Gasteiger charge is -2.17.